The lowest BCUT2D eigenvalue weighted by atomic mass is 10.5. The summed E-state index contributed by atoms with van der Waals surface area (Å²) < 4.78 is 26.9. The normalized spacial score (nSPS) is 11.6. The lowest BCUT2D eigenvalue weighted by Crippen LogP contribution is -2.14. The number of halogens is 2. The number of hydrogen-bond acceptors (Lipinski definition) is 5. The predicted molar refractivity (Wildman–Crippen MR) is 76.7 cm³/mol. The Kier molecular flexibility index (Phi) is 4.00. The molecule has 0 spiro atoms. The van der Waals surface area contributed by atoms with Crippen LogP contribution in [0.1, 0.15) is 10.7 Å². The van der Waals surface area contributed by atoms with Gasteiger partial charge < -0.3 is 0 Å². The molecule has 0 aliphatic rings. The maximum Gasteiger partial charge on any atom is 0.274 e. The minimum atomic E-state index is -3.74. The van der Waals surface area contributed by atoms with Gasteiger partial charge >= 0.3 is 0 Å². The van der Waals surface area contributed by atoms with Crippen molar-refractivity contribution in [2.45, 2.75) is 18.1 Å². The summed E-state index contributed by atoms with van der Waals surface area (Å²) in [5, 5.41) is 1.14. The highest BCUT2D eigenvalue weighted by molar-refractivity contribution is 7.94. The van der Waals surface area contributed by atoms with E-state index < -0.39 is 10.0 Å². The summed E-state index contributed by atoms with van der Waals surface area (Å²) in [5.41, 5.74) is 0.445. The fraction of sp³-hybridized carbons (Fsp3) is 0.200. The van der Waals surface area contributed by atoms with E-state index in [9.17, 15) is 8.42 Å². The predicted octanol–water partition coefficient (Wildman–Crippen LogP) is 3.26. The molecule has 2 aromatic heterocycles. The summed E-state index contributed by atoms with van der Waals surface area (Å²) in [6, 6.07) is 1.42. The Morgan fingerprint density at radius 3 is 2.53 bits per heavy atom. The highest BCUT2D eigenvalue weighted by Gasteiger charge is 2.22. The van der Waals surface area contributed by atoms with Gasteiger partial charge in [-0.05, 0) is 19.9 Å². The molecule has 5 nitrogen and oxygen atoms in total. The van der Waals surface area contributed by atoms with Crippen LogP contribution in [0.25, 0.3) is 0 Å². The maximum absolute atomic E-state index is 12.2. The second kappa shape index (κ2) is 5.24. The van der Waals surface area contributed by atoms with E-state index in [-0.39, 0.29) is 15.0 Å². The Bertz CT molecular complexity index is 728. The molecule has 0 saturated carbocycles. The molecule has 0 amide bonds. The van der Waals surface area contributed by atoms with Gasteiger partial charge in [0.1, 0.15) is 0 Å². The van der Waals surface area contributed by atoms with Crippen molar-refractivity contribution in [2.75, 3.05) is 4.72 Å². The third-order valence-electron chi connectivity index (χ3n) is 2.14. The molecule has 2 rings (SSSR count). The average molecular weight is 338 g/mol. The number of thiazole rings is 1. The molecule has 0 bridgehead atoms. The molecular weight excluding hydrogens is 329 g/mol. The van der Waals surface area contributed by atoms with E-state index in [4.69, 9.17) is 23.2 Å². The van der Waals surface area contributed by atoms with Crippen molar-refractivity contribution in [3.8, 4) is 0 Å². The van der Waals surface area contributed by atoms with Crippen LogP contribution < -0.4 is 4.72 Å². The highest BCUT2D eigenvalue weighted by Crippen LogP contribution is 2.28. The standard InChI is InChI=1S/C10H9Cl2N3O2S2/c1-5-10(18-6(2)14-5)19(16,17)15-9-8(12)3-7(11)4-13-9/h3-4H,1-2H3,(H,13,15). The first kappa shape index (κ1) is 14.5. The van der Waals surface area contributed by atoms with Gasteiger partial charge in [0.25, 0.3) is 10.0 Å². The molecule has 2 aromatic rings. The smallest absolute Gasteiger partial charge is 0.261 e. The monoisotopic (exact) mass is 337 g/mol. The van der Waals surface area contributed by atoms with Gasteiger partial charge in [0.05, 0.1) is 20.7 Å². The average Bonchev–Trinajstić information content (AvgIpc) is 2.63. The van der Waals surface area contributed by atoms with Crippen LogP contribution in [-0.2, 0) is 10.0 Å². The van der Waals surface area contributed by atoms with Gasteiger partial charge in [-0.15, -0.1) is 11.3 Å². The van der Waals surface area contributed by atoms with Crippen molar-refractivity contribution in [2.24, 2.45) is 0 Å². The third kappa shape index (κ3) is 3.17. The first-order chi connectivity index (χ1) is 8.79. The first-order valence-corrected chi connectivity index (χ1v) is 8.13. The molecule has 1 N–H and O–H groups in total. The third-order valence-corrected chi connectivity index (χ3v) is 5.66. The Labute approximate surface area is 124 Å². The van der Waals surface area contributed by atoms with E-state index in [1.165, 1.54) is 12.3 Å². The van der Waals surface area contributed by atoms with Crippen molar-refractivity contribution in [1.29, 1.82) is 0 Å². The minimum Gasteiger partial charge on any atom is -0.261 e. The number of anilines is 1. The van der Waals surface area contributed by atoms with Crippen LogP contribution >= 0.6 is 34.5 Å². The zero-order chi connectivity index (χ0) is 14.2. The van der Waals surface area contributed by atoms with Gasteiger partial charge in [-0.2, -0.15) is 0 Å². The van der Waals surface area contributed by atoms with Gasteiger partial charge in [0.2, 0.25) is 0 Å². The number of rotatable bonds is 3. The van der Waals surface area contributed by atoms with Gasteiger partial charge in [-0.25, -0.2) is 18.4 Å². The van der Waals surface area contributed by atoms with Gasteiger partial charge in [-0.3, -0.25) is 4.72 Å². The van der Waals surface area contributed by atoms with Crippen LogP contribution in [0.15, 0.2) is 16.5 Å². The molecule has 9 heteroatoms. The summed E-state index contributed by atoms with van der Waals surface area (Å²) in [6.07, 6.45) is 1.32. The molecule has 19 heavy (non-hydrogen) atoms. The van der Waals surface area contributed by atoms with E-state index in [0.29, 0.717) is 15.7 Å². The summed E-state index contributed by atoms with van der Waals surface area (Å²) >= 11 is 12.7. The fourth-order valence-corrected chi connectivity index (χ4v) is 4.42. The number of nitrogens with one attached hydrogen (secondary N) is 1. The van der Waals surface area contributed by atoms with Crippen LogP contribution in [0.5, 0.6) is 0 Å². The summed E-state index contributed by atoms with van der Waals surface area (Å²) in [7, 11) is -3.74. The number of aryl methyl sites for hydroxylation is 2. The Hall–Kier alpha value is -0.890. The van der Waals surface area contributed by atoms with E-state index in [0.717, 1.165) is 11.3 Å². The van der Waals surface area contributed by atoms with E-state index in [2.05, 4.69) is 14.7 Å². The van der Waals surface area contributed by atoms with Crippen LogP contribution in [0, 0.1) is 13.8 Å². The van der Waals surface area contributed by atoms with Crippen LogP contribution in [0.4, 0.5) is 5.82 Å². The second-order valence-electron chi connectivity index (χ2n) is 3.70. The minimum absolute atomic E-state index is 0.0384. The molecule has 0 radical (unpaired) electrons. The molecule has 0 aliphatic carbocycles. The topological polar surface area (TPSA) is 72.0 Å². The second-order valence-corrected chi connectivity index (χ2v) is 7.62. The number of sulfonamides is 1. The number of nitrogens with zero attached hydrogens (tertiary/aromatic N) is 2. The molecule has 102 valence electrons. The van der Waals surface area contributed by atoms with E-state index >= 15 is 0 Å². The summed E-state index contributed by atoms with van der Waals surface area (Å²) in [6.45, 7) is 3.37. The van der Waals surface area contributed by atoms with Crippen molar-refractivity contribution < 1.29 is 8.42 Å². The Balaban J connectivity index is 2.39. The lowest BCUT2D eigenvalue weighted by Gasteiger charge is -2.07. The molecular formula is C10H9Cl2N3O2S2. The van der Waals surface area contributed by atoms with Crippen molar-refractivity contribution in [1.82, 2.24) is 9.97 Å². The van der Waals surface area contributed by atoms with Crippen molar-refractivity contribution >= 4 is 50.4 Å². The Morgan fingerprint density at radius 1 is 1.32 bits per heavy atom. The van der Waals surface area contributed by atoms with E-state index in [1.54, 1.807) is 13.8 Å². The number of pyridine rings is 1. The lowest BCUT2D eigenvalue weighted by molar-refractivity contribution is 0.602. The molecule has 0 unspecified atom stereocenters. The zero-order valence-electron chi connectivity index (χ0n) is 9.94. The maximum atomic E-state index is 12.2. The first-order valence-electron chi connectivity index (χ1n) is 5.07. The molecule has 0 atom stereocenters. The van der Waals surface area contributed by atoms with Crippen molar-refractivity contribution in [3.63, 3.8) is 0 Å². The van der Waals surface area contributed by atoms with Crippen LogP contribution in [0.3, 0.4) is 0 Å². The van der Waals surface area contributed by atoms with Gasteiger partial charge in [0, 0.05) is 6.20 Å². The molecule has 0 aliphatic heterocycles. The SMILES string of the molecule is Cc1nc(C)c(S(=O)(=O)Nc2ncc(Cl)cc2Cl)s1. The van der Waals surface area contributed by atoms with E-state index in [1.807, 2.05) is 0 Å². The molecule has 0 saturated heterocycles. The zero-order valence-corrected chi connectivity index (χ0v) is 13.1. The number of aromatic nitrogens is 2. The molecule has 2 heterocycles. The quantitative estimate of drug-likeness (QED) is 0.932. The fourth-order valence-electron chi connectivity index (χ4n) is 1.43. The Morgan fingerprint density at radius 2 is 2.00 bits per heavy atom. The van der Waals surface area contributed by atoms with Crippen molar-refractivity contribution in [3.05, 3.63) is 33.0 Å². The van der Waals surface area contributed by atoms with Crippen LogP contribution in [-0.4, -0.2) is 18.4 Å². The van der Waals surface area contributed by atoms with Gasteiger partial charge in [0.15, 0.2) is 10.0 Å². The largest absolute Gasteiger partial charge is 0.274 e. The summed E-state index contributed by atoms with van der Waals surface area (Å²) in [4.78, 5) is 7.94. The summed E-state index contributed by atoms with van der Waals surface area (Å²) in [5.74, 6) is 0.0384. The van der Waals surface area contributed by atoms with Gasteiger partial charge in [-0.1, -0.05) is 23.2 Å². The van der Waals surface area contributed by atoms with Crippen LogP contribution in [0.2, 0.25) is 10.0 Å². The number of hydrogen-bond donors (Lipinski definition) is 1. The highest BCUT2D eigenvalue weighted by atomic mass is 35.5. The molecule has 0 aromatic carbocycles. The molecule has 0 fully saturated rings.